The number of aliphatic hydroxyl groups is 8. The molecule has 0 aromatic heterocycles. The Balaban J connectivity index is -0.000000175. The molecule has 0 aliphatic rings. The summed E-state index contributed by atoms with van der Waals surface area (Å²) in [7, 11) is 1.00. The van der Waals surface area contributed by atoms with E-state index in [2.05, 4.69) is 11.7 Å². The highest BCUT2D eigenvalue weighted by Gasteiger charge is 1.94. The molecule has 0 saturated heterocycles. The fourth-order valence-corrected chi connectivity index (χ4v) is 3.92. The van der Waals surface area contributed by atoms with Gasteiger partial charge in [0.25, 0.3) is 0 Å². The summed E-state index contributed by atoms with van der Waals surface area (Å²) in [5.41, 5.74) is 0. The van der Waals surface area contributed by atoms with Gasteiger partial charge in [0, 0.05) is 26.9 Å². The summed E-state index contributed by atoms with van der Waals surface area (Å²) in [5, 5.41) is 65.0. The van der Waals surface area contributed by atoms with Crippen LogP contribution in [0.4, 0.5) is 0 Å². The summed E-state index contributed by atoms with van der Waals surface area (Å²) in [6.45, 7) is 5.65. The Morgan fingerprint density at radius 2 is 0.457 bits per heavy atom. The van der Waals surface area contributed by atoms with Crippen LogP contribution in [-0.2, 0) is 14.2 Å². The maximum atomic E-state index is 8.67. The van der Waals surface area contributed by atoms with Gasteiger partial charge in [-0.2, -0.15) is 0 Å². The minimum Gasteiger partial charge on any atom is -0.400 e. The van der Waals surface area contributed by atoms with E-state index < -0.39 is 0 Å². The Kier molecular flexibility index (Phi) is 79.9. The van der Waals surface area contributed by atoms with Crippen LogP contribution in [0.3, 0.4) is 0 Å². The van der Waals surface area contributed by atoms with Crippen molar-refractivity contribution in [1.82, 2.24) is 0 Å². The summed E-state index contributed by atoms with van der Waals surface area (Å²) >= 11 is 0. The van der Waals surface area contributed by atoms with Crippen molar-refractivity contribution in [2.75, 3.05) is 93.0 Å². The van der Waals surface area contributed by atoms with Crippen LogP contribution < -0.4 is 0 Å². The van der Waals surface area contributed by atoms with E-state index in [0.717, 1.165) is 39.2 Å². The second-order valence-electron chi connectivity index (χ2n) is 10.6. The first kappa shape index (κ1) is 55.0. The van der Waals surface area contributed by atoms with E-state index in [4.69, 9.17) is 50.3 Å². The van der Waals surface area contributed by atoms with Crippen LogP contribution in [0.25, 0.3) is 0 Å². The van der Waals surface area contributed by atoms with Crippen LogP contribution in [0.5, 0.6) is 0 Å². The molecule has 0 saturated carbocycles. The average molecular weight is 677 g/mol. The van der Waals surface area contributed by atoms with Crippen molar-refractivity contribution in [3.05, 3.63) is 0 Å². The van der Waals surface area contributed by atoms with Crippen LogP contribution in [-0.4, -0.2) is 134 Å². The van der Waals surface area contributed by atoms with Gasteiger partial charge in [-0.25, -0.2) is 0 Å². The highest BCUT2D eigenvalue weighted by molar-refractivity contribution is 4.49. The largest absolute Gasteiger partial charge is 0.400 e. The first-order chi connectivity index (χ1) is 22.7. The molecule has 11 nitrogen and oxygen atoms in total. The molecule has 0 aliphatic heterocycles. The number of hydrogen-bond acceptors (Lipinski definition) is 11. The molecule has 0 aliphatic carbocycles. The molecular formula is C35H80O11. The van der Waals surface area contributed by atoms with Gasteiger partial charge < -0.3 is 55.1 Å². The number of aliphatic hydroxyl groups excluding tert-OH is 8. The van der Waals surface area contributed by atoms with Crippen molar-refractivity contribution in [3.63, 3.8) is 0 Å². The predicted molar refractivity (Wildman–Crippen MR) is 188 cm³/mol. The van der Waals surface area contributed by atoms with Crippen molar-refractivity contribution >= 4 is 0 Å². The van der Waals surface area contributed by atoms with Gasteiger partial charge in [0.1, 0.15) is 0 Å². The van der Waals surface area contributed by atoms with E-state index in [1.165, 1.54) is 96.3 Å². The lowest BCUT2D eigenvalue weighted by atomic mass is 10.0. The molecule has 0 atom stereocenters. The Morgan fingerprint density at radius 3 is 0.652 bits per heavy atom. The van der Waals surface area contributed by atoms with Crippen molar-refractivity contribution < 1.29 is 55.1 Å². The molecular weight excluding hydrogens is 596 g/mol. The number of unbranched alkanes of at least 4 members (excludes halogenated alkanes) is 18. The van der Waals surface area contributed by atoms with E-state index in [-0.39, 0.29) is 39.6 Å². The summed E-state index contributed by atoms with van der Waals surface area (Å²) in [5.74, 6) is 0. The maximum Gasteiger partial charge on any atom is 0.0701 e. The second-order valence-corrected chi connectivity index (χ2v) is 10.6. The van der Waals surface area contributed by atoms with Gasteiger partial charge in [0.15, 0.2) is 0 Å². The topological polar surface area (TPSA) is 190 Å². The van der Waals surface area contributed by atoms with Crippen LogP contribution in [0, 0.1) is 0 Å². The third-order valence-electron chi connectivity index (χ3n) is 6.39. The van der Waals surface area contributed by atoms with Crippen molar-refractivity contribution in [3.8, 4) is 0 Å². The zero-order chi connectivity index (χ0) is 35.5. The molecule has 8 N–H and O–H groups in total. The standard InChI is InChI=1S/C18H38O.C6H14O4.C6H14O2.C4H10O3.CH4O/c1-2-3-4-5-6-7-8-9-10-11-12-13-14-15-16-17-18-19;7-1-3-9-5-6-10-4-2-8;7-5-3-1-2-4-6-8;5-1-3-7-4-2-6;1-2/h19H,2-18H2,1H3;7-8H,1-6H2;7-8H,1-6H2;5-6H,1-4H2;2H,1H3. The normalized spacial score (nSPS) is 10.0. The molecule has 0 amide bonds. The summed E-state index contributed by atoms with van der Waals surface area (Å²) in [6.07, 6.45) is 26.0. The van der Waals surface area contributed by atoms with Crippen molar-refractivity contribution in [2.45, 2.75) is 135 Å². The van der Waals surface area contributed by atoms with Gasteiger partial charge in [-0.05, 0) is 19.3 Å². The van der Waals surface area contributed by atoms with E-state index >= 15 is 0 Å². The molecule has 0 heterocycles. The van der Waals surface area contributed by atoms with E-state index in [9.17, 15) is 0 Å². The van der Waals surface area contributed by atoms with Gasteiger partial charge in [-0.15, -0.1) is 0 Å². The molecule has 0 radical (unpaired) electrons. The fourth-order valence-electron chi connectivity index (χ4n) is 3.92. The van der Waals surface area contributed by atoms with Crippen molar-refractivity contribution in [2.24, 2.45) is 0 Å². The molecule has 0 bridgehead atoms. The van der Waals surface area contributed by atoms with E-state index in [0.29, 0.717) is 46.2 Å². The smallest absolute Gasteiger partial charge is 0.0701 e. The first-order valence-corrected chi connectivity index (χ1v) is 18.1. The van der Waals surface area contributed by atoms with Gasteiger partial charge in [0.2, 0.25) is 0 Å². The zero-order valence-electron chi connectivity index (χ0n) is 30.1. The third kappa shape index (κ3) is 79.2. The Bertz CT molecular complexity index is 375. The molecule has 0 aromatic rings. The second kappa shape index (κ2) is 66.9. The maximum absolute atomic E-state index is 8.67. The molecule has 46 heavy (non-hydrogen) atoms. The van der Waals surface area contributed by atoms with Gasteiger partial charge >= 0.3 is 0 Å². The fraction of sp³-hybridized carbons (Fsp3) is 1.00. The molecule has 286 valence electrons. The van der Waals surface area contributed by atoms with Crippen LogP contribution >= 0.6 is 0 Å². The summed E-state index contributed by atoms with van der Waals surface area (Å²) in [6, 6.07) is 0. The lowest BCUT2D eigenvalue weighted by Gasteiger charge is -2.03. The van der Waals surface area contributed by atoms with Crippen LogP contribution in [0.2, 0.25) is 0 Å². The third-order valence-corrected chi connectivity index (χ3v) is 6.39. The lowest BCUT2D eigenvalue weighted by molar-refractivity contribution is 0.0222. The van der Waals surface area contributed by atoms with Gasteiger partial charge in [-0.3, -0.25) is 0 Å². The Hall–Kier alpha value is -0.440. The van der Waals surface area contributed by atoms with Crippen LogP contribution in [0.15, 0.2) is 0 Å². The van der Waals surface area contributed by atoms with Gasteiger partial charge in [-0.1, -0.05) is 116 Å². The molecule has 11 heteroatoms. The highest BCUT2D eigenvalue weighted by atomic mass is 16.5. The lowest BCUT2D eigenvalue weighted by Crippen LogP contribution is -2.09. The predicted octanol–water partition coefficient (Wildman–Crippen LogP) is 4.37. The summed E-state index contributed by atoms with van der Waals surface area (Å²) < 4.78 is 14.4. The van der Waals surface area contributed by atoms with E-state index in [1.807, 2.05) is 0 Å². The molecule has 0 unspecified atom stereocenters. The molecule has 0 aromatic carbocycles. The number of ether oxygens (including phenoxy) is 3. The van der Waals surface area contributed by atoms with Crippen molar-refractivity contribution in [1.29, 1.82) is 0 Å². The molecule has 0 rings (SSSR count). The first-order valence-electron chi connectivity index (χ1n) is 18.1. The number of rotatable bonds is 32. The Morgan fingerprint density at radius 1 is 0.261 bits per heavy atom. The van der Waals surface area contributed by atoms with Crippen LogP contribution in [0.1, 0.15) is 135 Å². The minimum absolute atomic E-state index is 0.0278. The Labute approximate surface area is 283 Å². The van der Waals surface area contributed by atoms with Gasteiger partial charge in [0.05, 0.1) is 66.1 Å². The SMILES string of the molecule is CCCCCCCCCCCCCCCCCCO.CO.OCCCCCCO.OCCOCCO.OCCOCCOCCO. The summed E-state index contributed by atoms with van der Waals surface area (Å²) in [4.78, 5) is 0. The zero-order valence-corrected chi connectivity index (χ0v) is 30.1. The average Bonchev–Trinajstić information content (AvgIpc) is 3.09. The minimum atomic E-state index is 0.0278. The quantitative estimate of drug-likeness (QED) is 0.0473. The molecule has 0 fully saturated rings. The number of hydrogen-bond donors (Lipinski definition) is 8. The monoisotopic (exact) mass is 677 g/mol. The highest BCUT2D eigenvalue weighted by Crippen LogP contribution is 2.13. The molecule has 0 spiro atoms. The van der Waals surface area contributed by atoms with E-state index in [1.54, 1.807) is 0 Å².